The predicted molar refractivity (Wildman–Crippen MR) is 114 cm³/mol. The average Bonchev–Trinajstić information content (AvgIpc) is 3.55. The summed E-state index contributed by atoms with van der Waals surface area (Å²) in [6.07, 6.45) is 7.31. The summed E-state index contributed by atoms with van der Waals surface area (Å²) < 4.78 is 6.02. The number of fused-ring (bicyclic) bond motifs is 2. The number of hydrogen-bond donors (Lipinski definition) is 0. The van der Waals surface area contributed by atoms with Crippen LogP contribution in [-0.2, 0) is 22.6 Å². The first kappa shape index (κ1) is 20.4. The zero-order valence-corrected chi connectivity index (χ0v) is 17.5. The van der Waals surface area contributed by atoms with E-state index in [1.54, 1.807) is 12.4 Å². The van der Waals surface area contributed by atoms with Gasteiger partial charge in [0.05, 0.1) is 11.8 Å². The smallest absolute Gasteiger partial charge is 0.231 e. The van der Waals surface area contributed by atoms with Crippen molar-refractivity contribution in [3.05, 3.63) is 59.9 Å². The zero-order valence-electron chi connectivity index (χ0n) is 17.5. The highest BCUT2D eigenvalue weighted by molar-refractivity contribution is 5.85. The highest BCUT2D eigenvalue weighted by Crippen LogP contribution is 2.47. The number of nitrogens with zero attached hydrogens (tertiary/aromatic N) is 3. The van der Waals surface area contributed by atoms with Gasteiger partial charge in [-0.3, -0.25) is 14.6 Å². The van der Waals surface area contributed by atoms with E-state index in [0.29, 0.717) is 32.7 Å². The number of carbonyl (C=O) groups excluding carboxylic acids is 2. The van der Waals surface area contributed by atoms with Crippen LogP contribution in [0.15, 0.2) is 48.8 Å². The largest absolute Gasteiger partial charge is 0.492 e. The highest BCUT2D eigenvalue weighted by Gasteiger charge is 2.52. The molecule has 0 unspecified atom stereocenters. The Morgan fingerprint density at radius 1 is 1.17 bits per heavy atom. The zero-order chi connectivity index (χ0) is 21.0. The second-order valence-corrected chi connectivity index (χ2v) is 8.50. The molecule has 0 radical (unpaired) electrons. The first-order valence-corrected chi connectivity index (χ1v) is 10.7. The quantitative estimate of drug-likeness (QED) is 0.768. The molecule has 2 bridgehead atoms. The minimum Gasteiger partial charge on any atom is -0.492 e. The van der Waals surface area contributed by atoms with Gasteiger partial charge in [0.1, 0.15) is 12.4 Å². The summed E-state index contributed by atoms with van der Waals surface area (Å²) in [7, 11) is 1.88. The van der Waals surface area contributed by atoms with Crippen LogP contribution < -0.4 is 4.74 Å². The summed E-state index contributed by atoms with van der Waals surface area (Å²) in [5, 5.41) is 0. The maximum Gasteiger partial charge on any atom is 0.231 e. The van der Waals surface area contributed by atoms with Crippen LogP contribution in [0.2, 0.25) is 0 Å². The third-order valence-corrected chi connectivity index (χ3v) is 6.04. The van der Waals surface area contributed by atoms with Crippen molar-refractivity contribution in [2.45, 2.75) is 38.6 Å². The molecule has 1 aliphatic heterocycles. The number of amides is 2. The maximum atomic E-state index is 13.0. The molecule has 158 valence electrons. The van der Waals surface area contributed by atoms with Gasteiger partial charge in [-0.1, -0.05) is 18.2 Å². The van der Waals surface area contributed by atoms with Crippen molar-refractivity contribution in [2.24, 2.45) is 5.41 Å². The first-order chi connectivity index (χ1) is 14.6. The van der Waals surface area contributed by atoms with Crippen LogP contribution in [-0.4, -0.2) is 53.3 Å². The Labute approximate surface area is 177 Å². The summed E-state index contributed by atoms with van der Waals surface area (Å²) in [5.41, 5.74) is 1.61. The molecule has 0 saturated heterocycles. The number of aromatic nitrogens is 1. The molecule has 2 aliphatic rings. The molecule has 4 rings (SSSR count). The van der Waals surface area contributed by atoms with Gasteiger partial charge in [-0.25, -0.2) is 0 Å². The normalized spacial score (nSPS) is 19.2. The van der Waals surface area contributed by atoms with E-state index in [1.807, 2.05) is 53.2 Å². The minimum atomic E-state index is -0.347. The summed E-state index contributed by atoms with van der Waals surface area (Å²) in [6.45, 7) is 2.34. The molecule has 0 N–H and O–H groups in total. The molecular formula is C24H29N3O3. The summed E-state index contributed by atoms with van der Waals surface area (Å²) in [4.78, 5) is 33.7. The van der Waals surface area contributed by atoms with Gasteiger partial charge in [0, 0.05) is 39.1 Å². The summed E-state index contributed by atoms with van der Waals surface area (Å²) >= 11 is 0. The van der Waals surface area contributed by atoms with Crippen molar-refractivity contribution in [3.63, 3.8) is 0 Å². The van der Waals surface area contributed by atoms with Crippen LogP contribution in [0, 0.1) is 5.41 Å². The predicted octanol–water partition coefficient (Wildman–Crippen LogP) is 3.06. The van der Waals surface area contributed by atoms with Crippen molar-refractivity contribution in [2.75, 3.05) is 26.7 Å². The molecule has 6 nitrogen and oxygen atoms in total. The Kier molecular flexibility index (Phi) is 6.02. The van der Waals surface area contributed by atoms with Gasteiger partial charge < -0.3 is 14.5 Å². The van der Waals surface area contributed by atoms with E-state index in [2.05, 4.69) is 4.98 Å². The van der Waals surface area contributed by atoms with Gasteiger partial charge in [0.2, 0.25) is 11.8 Å². The lowest BCUT2D eigenvalue weighted by Crippen LogP contribution is -2.38. The molecule has 1 spiro atoms. The molecule has 30 heavy (non-hydrogen) atoms. The molecule has 1 aliphatic carbocycles. The van der Waals surface area contributed by atoms with Gasteiger partial charge in [-0.15, -0.1) is 0 Å². The molecular weight excluding hydrogens is 378 g/mol. The van der Waals surface area contributed by atoms with Crippen LogP contribution in [0.3, 0.4) is 0 Å². The Hall–Kier alpha value is -2.89. The van der Waals surface area contributed by atoms with Crippen LogP contribution in [0.25, 0.3) is 0 Å². The van der Waals surface area contributed by atoms with E-state index in [-0.39, 0.29) is 17.2 Å². The number of ether oxygens (including phenoxy) is 1. The lowest BCUT2D eigenvalue weighted by Gasteiger charge is -2.27. The van der Waals surface area contributed by atoms with Gasteiger partial charge in [-0.05, 0) is 55.0 Å². The lowest BCUT2D eigenvalue weighted by molar-refractivity contribution is -0.137. The number of pyridine rings is 1. The molecule has 2 heterocycles. The topological polar surface area (TPSA) is 62.7 Å². The fourth-order valence-corrected chi connectivity index (χ4v) is 3.99. The molecule has 2 amide bonds. The monoisotopic (exact) mass is 407 g/mol. The van der Waals surface area contributed by atoms with E-state index in [9.17, 15) is 9.59 Å². The fourth-order valence-electron chi connectivity index (χ4n) is 3.99. The van der Waals surface area contributed by atoms with E-state index in [1.165, 1.54) is 0 Å². The molecule has 6 heteroatoms. The van der Waals surface area contributed by atoms with Gasteiger partial charge in [0.25, 0.3) is 0 Å². The second kappa shape index (κ2) is 8.86. The number of benzene rings is 1. The van der Waals surface area contributed by atoms with Crippen molar-refractivity contribution in [1.29, 1.82) is 0 Å². The Bertz CT molecular complexity index is 896. The average molecular weight is 408 g/mol. The molecule has 1 aromatic heterocycles. The Morgan fingerprint density at radius 2 is 2.00 bits per heavy atom. The number of hydrogen-bond acceptors (Lipinski definition) is 4. The van der Waals surface area contributed by atoms with E-state index < -0.39 is 0 Å². The Morgan fingerprint density at radius 3 is 2.77 bits per heavy atom. The highest BCUT2D eigenvalue weighted by atomic mass is 16.5. The number of carbonyl (C=O) groups is 2. The third kappa shape index (κ3) is 4.81. The molecule has 0 atom stereocenters. The van der Waals surface area contributed by atoms with Gasteiger partial charge >= 0.3 is 0 Å². The molecule has 1 fully saturated rings. The Balaban J connectivity index is 1.52. The minimum absolute atomic E-state index is 0.0859. The fraction of sp³-hybridized carbons (Fsp3) is 0.458. The standard InChI is InChI=1S/C24H29N3O3/c1-26-12-2-3-13-27(22(28)15-19-7-5-11-25-16-19)17-20-6-4-8-21(14-20)30-18-24(9-10-24)23(26)29/h4-8,11,14,16H,2-3,9-10,12-13,15,17-18H2,1H3. The van der Waals surface area contributed by atoms with Crippen LogP contribution >= 0.6 is 0 Å². The van der Waals surface area contributed by atoms with Crippen LogP contribution in [0.1, 0.15) is 36.8 Å². The van der Waals surface area contributed by atoms with Crippen LogP contribution in [0.5, 0.6) is 5.75 Å². The van der Waals surface area contributed by atoms with Gasteiger partial charge in [-0.2, -0.15) is 0 Å². The second-order valence-electron chi connectivity index (χ2n) is 8.50. The summed E-state index contributed by atoms with van der Waals surface area (Å²) in [5.74, 6) is 1.02. The SMILES string of the molecule is CN1CCCCN(C(=O)Cc2cccnc2)Cc2cccc(c2)OCC2(CC2)C1=O. The van der Waals surface area contributed by atoms with E-state index in [4.69, 9.17) is 4.74 Å². The van der Waals surface area contributed by atoms with Crippen molar-refractivity contribution in [1.82, 2.24) is 14.8 Å². The summed E-state index contributed by atoms with van der Waals surface area (Å²) in [6, 6.07) is 11.7. The number of rotatable bonds is 2. The maximum absolute atomic E-state index is 13.0. The van der Waals surface area contributed by atoms with Crippen molar-refractivity contribution < 1.29 is 14.3 Å². The van der Waals surface area contributed by atoms with E-state index >= 15 is 0 Å². The van der Waals surface area contributed by atoms with Gasteiger partial charge in [0.15, 0.2) is 0 Å². The third-order valence-electron chi connectivity index (χ3n) is 6.04. The van der Waals surface area contributed by atoms with Crippen molar-refractivity contribution in [3.8, 4) is 5.75 Å². The molecule has 2 aromatic rings. The van der Waals surface area contributed by atoms with E-state index in [0.717, 1.165) is 42.6 Å². The molecule has 1 saturated carbocycles. The molecule has 1 aromatic carbocycles. The van der Waals surface area contributed by atoms with Crippen molar-refractivity contribution >= 4 is 11.8 Å². The first-order valence-electron chi connectivity index (χ1n) is 10.7. The lowest BCUT2D eigenvalue weighted by atomic mass is 10.1. The van der Waals surface area contributed by atoms with Crippen LogP contribution in [0.4, 0.5) is 0 Å².